The second-order valence-electron chi connectivity index (χ2n) is 11.1. The predicted molar refractivity (Wildman–Crippen MR) is 174 cm³/mol. The van der Waals surface area contributed by atoms with E-state index >= 15 is 0 Å². The number of aromatic nitrogens is 1. The Bertz CT molecular complexity index is 1930. The molecule has 1 heterocycles. The van der Waals surface area contributed by atoms with Gasteiger partial charge in [-0.3, -0.25) is 14.4 Å². The van der Waals surface area contributed by atoms with E-state index in [9.17, 15) is 27.6 Å². The summed E-state index contributed by atoms with van der Waals surface area (Å²) < 4.78 is 40.4. The largest absolute Gasteiger partial charge is 0.416 e. The van der Waals surface area contributed by atoms with Gasteiger partial charge in [0.05, 0.1) is 16.1 Å². The molecule has 1 aromatic heterocycles. The fourth-order valence-corrected chi connectivity index (χ4v) is 5.09. The van der Waals surface area contributed by atoms with Crippen LogP contribution in [0.1, 0.15) is 45.8 Å². The van der Waals surface area contributed by atoms with Gasteiger partial charge in [0.1, 0.15) is 5.69 Å². The van der Waals surface area contributed by atoms with Crippen molar-refractivity contribution in [2.45, 2.75) is 26.6 Å². The maximum Gasteiger partial charge on any atom is 0.416 e. The normalized spacial score (nSPS) is 11.5. The first-order chi connectivity index (χ1) is 21.8. The minimum Gasteiger partial charge on any atom is -0.352 e. The zero-order valence-electron chi connectivity index (χ0n) is 25.1. The Morgan fingerprint density at radius 2 is 1.39 bits per heavy atom. The lowest BCUT2D eigenvalue weighted by molar-refractivity contribution is -0.137. The number of hydrogen-bond donors (Lipinski definition) is 3. The average molecular weight is 647 g/mol. The lowest BCUT2D eigenvalue weighted by atomic mass is 10.0. The molecule has 0 aliphatic carbocycles. The van der Waals surface area contributed by atoms with Gasteiger partial charge in [0.25, 0.3) is 11.8 Å². The van der Waals surface area contributed by atoms with Gasteiger partial charge >= 0.3 is 6.18 Å². The van der Waals surface area contributed by atoms with Crippen LogP contribution >= 0.6 is 11.6 Å². The summed E-state index contributed by atoms with van der Waals surface area (Å²) >= 11 is 6.32. The highest BCUT2D eigenvalue weighted by molar-refractivity contribution is 6.34. The highest BCUT2D eigenvalue weighted by atomic mass is 35.5. The minimum absolute atomic E-state index is 0.0974. The third kappa shape index (κ3) is 7.24. The molecule has 11 heteroatoms. The Labute approximate surface area is 268 Å². The van der Waals surface area contributed by atoms with E-state index in [-0.39, 0.29) is 34.9 Å². The van der Waals surface area contributed by atoms with Gasteiger partial charge in [-0.2, -0.15) is 13.2 Å². The van der Waals surface area contributed by atoms with Crippen LogP contribution in [-0.2, 0) is 24.6 Å². The van der Waals surface area contributed by atoms with Crippen LogP contribution in [0.3, 0.4) is 0 Å². The molecule has 7 nitrogen and oxygen atoms in total. The van der Waals surface area contributed by atoms with Gasteiger partial charge in [0.2, 0.25) is 5.91 Å². The molecule has 0 bridgehead atoms. The van der Waals surface area contributed by atoms with Crippen molar-refractivity contribution in [2.75, 3.05) is 10.6 Å². The second kappa shape index (κ2) is 13.1. The quantitative estimate of drug-likeness (QED) is 0.158. The van der Waals surface area contributed by atoms with Crippen molar-refractivity contribution in [1.29, 1.82) is 0 Å². The number of carbonyl (C=O) groups is 3. The van der Waals surface area contributed by atoms with Gasteiger partial charge < -0.3 is 20.5 Å². The molecule has 0 spiro atoms. The van der Waals surface area contributed by atoms with E-state index in [1.54, 1.807) is 92.2 Å². The lowest BCUT2D eigenvalue weighted by Gasteiger charge is -2.11. The lowest BCUT2D eigenvalue weighted by Crippen LogP contribution is -2.27. The van der Waals surface area contributed by atoms with Crippen LogP contribution in [0.4, 0.5) is 24.5 Å². The van der Waals surface area contributed by atoms with Crippen molar-refractivity contribution >= 4 is 51.6 Å². The number of halogens is 4. The number of carbonyl (C=O) groups excluding carboxylic acids is 3. The number of nitrogens with one attached hydrogen (secondary N) is 3. The minimum atomic E-state index is -4.40. The van der Waals surface area contributed by atoms with Gasteiger partial charge in [-0.1, -0.05) is 55.8 Å². The Hall–Kier alpha value is -5.09. The van der Waals surface area contributed by atoms with Gasteiger partial charge in [-0.05, 0) is 77.4 Å². The Morgan fingerprint density at radius 3 is 2.02 bits per heavy atom. The summed E-state index contributed by atoms with van der Waals surface area (Å²) in [5.74, 6) is -1.04. The van der Waals surface area contributed by atoms with Gasteiger partial charge in [0, 0.05) is 41.8 Å². The maximum absolute atomic E-state index is 13.2. The predicted octanol–water partition coefficient (Wildman–Crippen LogP) is 8.29. The van der Waals surface area contributed by atoms with Crippen LogP contribution in [0.15, 0.2) is 91.0 Å². The van der Waals surface area contributed by atoms with Crippen molar-refractivity contribution in [1.82, 2.24) is 9.88 Å². The number of nitrogens with zero attached hydrogens (tertiary/aromatic N) is 1. The average Bonchev–Trinajstić information content (AvgIpc) is 3.35. The first kappa shape index (κ1) is 32.3. The van der Waals surface area contributed by atoms with Gasteiger partial charge in [-0.25, -0.2) is 0 Å². The number of alkyl halides is 3. The summed E-state index contributed by atoms with van der Waals surface area (Å²) in [6.07, 6.45) is -4.40. The topological polar surface area (TPSA) is 92.2 Å². The van der Waals surface area contributed by atoms with Crippen molar-refractivity contribution in [3.05, 3.63) is 118 Å². The van der Waals surface area contributed by atoms with Crippen molar-refractivity contribution < 1.29 is 27.6 Å². The molecule has 3 N–H and O–H groups in total. The molecule has 5 rings (SSSR count). The molecule has 0 radical (unpaired) electrons. The number of amides is 3. The van der Waals surface area contributed by atoms with Crippen LogP contribution in [-0.4, -0.2) is 22.3 Å². The summed E-state index contributed by atoms with van der Waals surface area (Å²) in [4.78, 5) is 38.2. The van der Waals surface area contributed by atoms with Gasteiger partial charge in [0.15, 0.2) is 0 Å². The number of hydrogen-bond acceptors (Lipinski definition) is 3. The zero-order chi connectivity index (χ0) is 33.2. The number of anilines is 2. The molecule has 0 fully saturated rings. The molecule has 0 atom stereocenters. The molecule has 0 aliphatic rings. The molecule has 236 valence electrons. The van der Waals surface area contributed by atoms with E-state index in [0.29, 0.717) is 28.2 Å². The van der Waals surface area contributed by atoms with Gasteiger partial charge in [-0.15, -0.1) is 0 Å². The van der Waals surface area contributed by atoms with Crippen LogP contribution < -0.4 is 16.0 Å². The first-order valence-electron chi connectivity index (χ1n) is 14.4. The van der Waals surface area contributed by atoms with Crippen molar-refractivity contribution in [3.8, 4) is 11.1 Å². The van der Waals surface area contributed by atoms with Crippen LogP contribution in [0, 0.1) is 5.92 Å². The Morgan fingerprint density at radius 1 is 0.783 bits per heavy atom. The molecular weight excluding hydrogens is 617 g/mol. The SMILES string of the molecule is CC(C)C(=O)NCc1ccc(Cl)c(C(=O)Nc2ccc3c(c2)cc(C(=O)Nc2ccc(-c4ccc(C(F)(F)F)cc4)cc2)n3C)c1. The third-order valence-electron chi connectivity index (χ3n) is 7.49. The molecule has 0 saturated carbocycles. The maximum atomic E-state index is 13.2. The summed E-state index contributed by atoms with van der Waals surface area (Å²) in [5, 5.41) is 9.51. The summed E-state index contributed by atoms with van der Waals surface area (Å²) in [7, 11) is 1.76. The number of benzene rings is 4. The summed E-state index contributed by atoms with van der Waals surface area (Å²) in [6, 6.07) is 23.7. The molecule has 0 unspecified atom stereocenters. The Balaban J connectivity index is 1.27. The highest BCUT2D eigenvalue weighted by Gasteiger charge is 2.30. The molecule has 4 aromatic carbocycles. The summed E-state index contributed by atoms with van der Waals surface area (Å²) in [6.45, 7) is 3.85. The fourth-order valence-electron chi connectivity index (χ4n) is 4.89. The van der Waals surface area contributed by atoms with E-state index in [1.807, 2.05) is 0 Å². The molecule has 3 amide bonds. The summed E-state index contributed by atoms with van der Waals surface area (Å²) in [5.41, 5.74) is 3.76. The van der Waals surface area contributed by atoms with Crippen LogP contribution in [0.5, 0.6) is 0 Å². The van der Waals surface area contributed by atoms with Crippen molar-refractivity contribution in [2.24, 2.45) is 13.0 Å². The van der Waals surface area contributed by atoms with E-state index in [1.165, 1.54) is 12.1 Å². The molecular formula is C35H30ClF3N4O3. The number of aryl methyl sites for hydroxylation is 1. The van der Waals surface area contributed by atoms with E-state index in [0.717, 1.165) is 28.6 Å². The third-order valence-corrected chi connectivity index (χ3v) is 7.82. The van der Waals surface area contributed by atoms with Crippen molar-refractivity contribution in [3.63, 3.8) is 0 Å². The highest BCUT2D eigenvalue weighted by Crippen LogP contribution is 2.31. The van der Waals surface area contributed by atoms with E-state index in [2.05, 4.69) is 16.0 Å². The Kier molecular flexibility index (Phi) is 9.20. The second-order valence-corrected chi connectivity index (χ2v) is 11.5. The first-order valence-corrected chi connectivity index (χ1v) is 14.7. The number of fused-ring (bicyclic) bond motifs is 1. The molecule has 46 heavy (non-hydrogen) atoms. The molecule has 0 aliphatic heterocycles. The van der Waals surface area contributed by atoms with E-state index in [4.69, 9.17) is 11.6 Å². The smallest absolute Gasteiger partial charge is 0.352 e. The number of rotatable bonds is 8. The van der Waals surface area contributed by atoms with E-state index < -0.39 is 17.6 Å². The van der Waals surface area contributed by atoms with Crippen LogP contribution in [0.25, 0.3) is 22.0 Å². The molecule has 0 saturated heterocycles. The monoisotopic (exact) mass is 646 g/mol. The fraction of sp³-hybridized carbons (Fsp3) is 0.171. The molecule has 5 aromatic rings. The zero-order valence-corrected chi connectivity index (χ0v) is 25.9. The van der Waals surface area contributed by atoms with Crippen LogP contribution in [0.2, 0.25) is 5.02 Å². The standard InChI is InChI=1S/C35H30ClF3N4O3/c1-20(2)32(44)40-19-21-4-14-29(36)28(16-21)33(45)42-27-13-15-30-24(17-27)18-31(43(30)3)34(46)41-26-11-7-23(8-12-26)22-5-9-25(10-6-22)35(37,38)39/h4-18,20H,19H2,1-3H3,(H,40,44)(H,41,46)(H,42,45).